The molecule has 0 aliphatic carbocycles. The van der Waals surface area contributed by atoms with Crippen LogP contribution in [-0.2, 0) is 14.6 Å². The Labute approximate surface area is 137 Å². The number of hydrogen-bond acceptors (Lipinski definition) is 8. The van der Waals surface area contributed by atoms with Gasteiger partial charge in [0.2, 0.25) is 5.91 Å². The lowest BCUT2D eigenvalue weighted by Crippen LogP contribution is -2.38. The maximum atomic E-state index is 12.1. The zero-order chi connectivity index (χ0) is 15.5. The molecule has 2 rings (SSSR count). The van der Waals surface area contributed by atoms with Gasteiger partial charge in [-0.25, -0.2) is 8.42 Å². The Morgan fingerprint density at radius 1 is 1.38 bits per heavy atom. The standard InChI is InChI=1S/C11H17N3O3S4/c1-3-18-10-12-13-11(20-10)19-6-9(15)14(2)8-4-5-21(16,17)7-8/h8H,3-7H2,1-2H3. The SMILES string of the molecule is CCSc1nnc(SCC(=O)N(C)C2CCS(=O)(=O)C2)s1. The van der Waals surface area contributed by atoms with Crippen molar-refractivity contribution in [3.8, 4) is 0 Å². The number of sulfone groups is 1. The van der Waals surface area contributed by atoms with Crippen molar-refractivity contribution < 1.29 is 13.2 Å². The van der Waals surface area contributed by atoms with Crippen molar-refractivity contribution >= 4 is 50.6 Å². The van der Waals surface area contributed by atoms with Gasteiger partial charge in [0.1, 0.15) is 0 Å². The van der Waals surface area contributed by atoms with Gasteiger partial charge >= 0.3 is 0 Å². The number of aromatic nitrogens is 2. The van der Waals surface area contributed by atoms with E-state index in [9.17, 15) is 13.2 Å². The van der Waals surface area contributed by atoms with Gasteiger partial charge in [-0.1, -0.05) is 41.8 Å². The summed E-state index contributed by atoms with van der Waals surface area (Å²) in [7, 11) is -1.29. The molecule has 1 saturated heterocycles. The minimum atomic E-state index is -2.97. The van der Waals surface area contributed by atoms with Crippen LogP contribution in [-0.4, -0.2) is 65.5 Å². The topological polar surface area (TPSA) is 80.2 Å². The van der Waals surface area contributed by atoms with E-state index in [1.807, 2.05) is 6.92 Å². The van der Waals surface area contributed by atoms with Crippen LogP contribution in [0.2, 0.25) is 0 Å². The first-order chi connectivity index (χ1) is 9.91. The highest BCUT2D eigenvalue weighted by Crippen LogP contribution is 2.29. The Balaban J connectivity index is 1.83. The fourth-order valence-corrected chi connectivity index (χ4v) is 6.56. The largest absolute Gasteiger partial charge is 0.341 e. The van der Waals surface area contributed by atoms with Gasteiger partial charge in [0.25, 0.3) is 0 Å². The van der Waals surface area contributed by atoms with E-state index in [0.717, 1.165) is 14.4 Å². The smallest absolute Gasteiger partial charge is 0.233 e. The molecular weight excluding hydrogens is 350 g/mol. The lowest BCUT2D eigenvalue weighted by Gasteiger charge is -2.22. The third-order valence-corrected chi connectivity index (χ3v) is 7.93. The molecule has 6 nitrogen and oxygen atoms in total. The predicted octanol–water partition coefficient (Wildman–Crippen LogP) is 1.39. The first-order valence-electron chi connectivity index (χ1n) is 6.46. The van der Waals surface area contributed by atoms with Gasteiger partial charge in [-0.05, 0) is 12.2 Å². The average molecular weight is 368 g/mol. The molecule has 1 aliphatic rings. The Morgan fingerprint density at radius 3 is 2.62 bits per heavy atom. The second kappa shape index (κ2) is 7.30. The van der Waals surface area contributed by atoms with Crippen molar-refractivity contribution in [2.75, 3.05) is 30.1 Å². The molecule has 1 aromatic rings. The molecule has 118 valence electrons. The number of hydrogen-bond donors (Lipinski definition) is 0. The zero-order valence-corrected chi connectivity index (χ0v) is 15.1. The average Bonchev–Trinajstić information content (AvgIpc) is 3.02. The minimum absolute atomic E-state index is 0.0676. The fraction of sp³-hybridized carbons (Fsp3) is 0.727. The van der Waals surface area contributed by atoms with Crippen LogP contribution in [0.1, 0.15) is 13.3 Å². The Hall–Kier alpha value is -0.320. The molecule has 21 heavy (non-hydrogen) atoms. The number of rotatable bonds is 6. The number of nitrogens with zero attached hydrogens (tertiary/aromatic N) is 3. The number of carbonyl (C=O) groups is 1. The van der Waals surface area contributed by atoms with Crippen LogP contribution in [0.4, 0.5) is 0 Å². The molecule has 1 fully saturated rings. The molecule has 0 N–H and O–H groups in total. The molecule has 1 unspecified atom stereocenters. The summed E-state index contributed by atoms with van der Waals surface area (Å²) in [5.74, 6) is 1.39. The lowest BCUT2D eigenvalue weighted by atomic mass is 10.2. The molecule has 1 amide bonds. The van der Waals surface area contributed by atoms with Gasteiger partial charge in [-0.15, -0.1) is 10.2 Å². The van der Waals surface area contributed by atoms with Crippen LogP contribution in [0.3, 0.4) is 0 Å². The van der Waals surface area contributed by atoms with Gasteiger partial charge in [0.05, 0.1) is 17.3 Å². The van der Waals surface area contributed by atoms with Gasteiger partial charge < -0.3 is 4.90 Å². The van der Waals surface area contributed by atoms with Gasteiger partial charge in [-0.2, -0.15) is 0 Å². The summed E-state index contributed by atoms with van der Waals surface area (Å²) in [6.45, 7) is 2.05. The van der Waals surface area contributed by atoms with Crippen LogP contribution in [0.25, 0.3) is 0 Å². The molecule has 1 aliphatic heterocycles. The van der Waals surface area contributed by atoms with Crippen LogP contribution in [0, 0.1) is 0 Å². The van der Waals surface area contributed by atoms with Crippen molar-refractivity contribution in [1.29, 1.82) is 0 Å². The van der Waals surface area contributed by atoms with Crippen molar-refractivity contribution in [2.24, 2.45) is 0 Å². The van der Waals surface area contributed by atoms with E-state index in [-0.39, 0.29) is 29.2 Å². The van der Waals surface area contributed by atoms with Crippen molar-refractivity contribution in [3.05, 3.63) is 0 Å². The second-order valence-electron chi connectivity index (χ2n) is 4.62. The highest BCUT2D eigenvalue weighted by atomic mass is 32.2. The van der Waals surface area contributed by atoms with Crippen LogP contribution < -0.4 is 0 Å². The second-order valence-corrected chi connectivity index (χ2v) is 10.6. The summed E-state index contributed by atoms with van der Waals surface area (Å²) in [6, 6.07) is -0.191. The Kier molecular flexibility index (Phi) is 5.92. The predicted molar refractivity (Wildman–Crippen MR) is 86.9 cm³/mol. The van der Waals surface area contributed by atoms with E-state index in [1.54, 1.807) is 23.7 Å². The van der Waals surface area contributed by atoms with Gasteiger partial charge in [-0.3, -0.25) is 4.79 Å². The van der Waals surface area contributed by atoms with Gasteiger partial charge in [0.15, 0.2) is 18.5 Å². The quantitative estimate of drug-likeness (QED) is 0.703. The summed E-state index contributed by atoms with van der Waals surface area (Å²) in [6.07, 6.45) is 0.533. The van der Waals surface area contributed by atoms with E-state index in [0.29, 0.717) is 6.42 Å². The Morgan fingerprint density at radius 2 is 2.05 bits per heavy atom. The summed E-state index contributed by atoms with van der Waals surface area (Å²) in [5, 5.41) is 8.06. The lowest BCUT2D eigenvalue weighted by molar-refractivity contribution is -0.128. The summed E-state index contributed by atoms with van der Waals surface area (Å²) < 4.78 is 24.6. The molecule has 0 spiro atoms. The highest BCUT2D eigenvalue weighted by Gasteiger charge is 2.32. The minimum Gasteiger partial charge on any atom is -0.341 e. The van der Waals surface area contributed by atoms with E-state index >= 15 is 0 Å². The maximum absolute atomic E-state index is 12.1. The van der Waals surface area contributed by atoms with Crippen molar-refractivity contribution in [2.45, 2.75) is 28.1 Å². The van der Waals surface area contributed by atoms with Gasteiger partial charge in [0, 0.05) is 13.1 Å². The monoisotopic (exact) mass is 367 g/mol. The van der Waals surface area contributed by atoms with Crippen LogP contribution in [0.15, 0.2) is 8.68 Å². The maximum Gasteiger partial charge on any atom is 0.233 e. The molecule has 0 radical (unpaired) electrons. The number of amides is 1. The normalized spacial score (nSPS) is 20.6. The summed E-state index contributed by atoms with van der Waals surface area (Å²) in [5.41, 5.74) is 0. The van der Waals surface area contributed by atoms with Crippen molar-refractivity contribution in [3.63, 3.8) is 0 Å². The van der Waals surface area contributed by atoms with Crippen molar-refractivity contribution in [1.82, 2.24) is 15.1 Å². The molecule has 1 aromatic heterocycles. The molecule has 2 heterocycles. The zero-order valence-electron chi connectivity index (χ0n) is 11.8. The third-order valence-electron chi connectivity index (χ3n) is 3.12. The van der Waals surface area contributed by atoms with E-state index < -0.39 is 9.84 Å². The van der Waals surface area contributed by atoms with E-state index in [2.05, 4.69) is 10.2 Å². The summed E-state index contributed by atoms with van der Waals surface area (Å²) in [4.78, 5) is 13.7. The summed E-state index contributed by atoms with van der Waals surface area (Å²) >= 11 is 4.46. The molecular formula is C11H17N3O3S4. The molecule has 10 heteroatoms. The van der Waals surface area contributed by atoms with Crippen LogP contribution >= 0.6 is 34.9 Å². The number of carbonyl (C=O) groups excluding carboxylic acids is 1. The molecule has 0 bridgehead atoms. The molecule has 0 aromatic carbocycles. The number of thioether (sulfide) groups is 2. The Bertz CT molecular complexity index is 602. The van der Waals surface area contributed by atoms with E-state index in [4.69, 9.17) is 0 Å². The first kappa shape index (κ1) is 17.0. The fourth-order valence-electron chi connectivity index (χ4n) is 1.95. The third kappa shape index (κ3) is 4.83. The molecule has 0 saturated carbocycles. The molecule has 1 atom stereocenters. The first-order valence-corrected chi connectivity index (χ1v) is 11.1. The van der Waals surface area contributed by atoms with Crippen LogP contribution in [0.5, 0.6) is 0 Å². The van der Waals surface area contributed by atoms with E-state index in [1.165, 1.54) is 23.1 Å². The highest BCUT2D eigenvalue weighted by molar-refractivity contribution is 8.03.